The molecule has 0 radical (unpaired) electrons. The molecule has 1 aliphatic carbocycles. The summed E-state index contributed by atoms with van der Waals surface area (Å²) in [6.45, 7) is 6.02. The van der Waals surface area contributed by atoms with Crippen LogP contribution in [0.15, 0.2) is 24.7 Å². The Morgan fingerprint density at radius 3 is 2.70 bits per heavy atom. The van der Waals surface area contributed by atoms with Crippen molar-refractivity contribution in [3.8, 4) is 0 Å². The summed E-state index contributed by atoms with van der Waals surface area (Å²) < 4.78 is 3.37. The van der Waals surface area contributed by atoms with Crippen molar-refractivity contribution in [1.29, 1.82) is 0 Å². The Balaban J connectivity index is 1.43. The van der Waals surface area contributed by atoms with Gasteiger partial charge in [0, 0.05) is 23.7 Å². The zero-order chi connectivity index (χ0) is 21.3. The van der Waals surface area contributed by atoms with Crippen LogP contribution in [0.25, 0.3) is 11.0 Å². The third-order valence-corrected chi connectivity index (χ3v) is 5.41. The van der Waals surface area contributed by atoms with E-state index in [0.717, 1.165) is 23.9 Å². The highest BCUT2D eigenvalue weighted by atomic mass is 16.2. The van der Waals surface area contributed by atoms with Gasteiger partial charge in [-0.2, -0.15) is 10.2 Å². The standard InChI is InChI=1S/C21H27N7O2/c1-13(2)28-20-15(9-23-28)8-18(14(3)24-20)21(30)26-17-10-22-27(11-17)12-19(29)25-16-6-4-5-7-16/h8-11,13,16H,4-7,12H2,1-3H3,(H,25,29)(H,26,30). The number of nitrogens with one attached hydrogen (secondary N) is 2. The molecule has 0 aliphatic heterocycles. The number of carbonyl (C=O) groups excluding carboxylic acids is 2. The molecule has 2 N–H and O–H groups in total. The van der Waals surface area contributed by atoms with Crippen molar-refractivity contribution in [2.45, 2.75) is 65.1 Å². The first-order valence-corrected chi connectivity index (χ1v) is 10.4. The Bertz CT molecular complexity index is 1080. The van der Waals surface area contributed by atoms with Crippen LogP contribution in [0.2, 0.25) is 0 Å². The summed E-state index contributed by atoms with van der Waals surface area (Å²) in [7, 11) is 0. The minimum absolute atomic E-state index is 0.0597. The van der Waals surface area contributed by atoms with Crippen LogP contribution in [0.5, 0.6) is 0 Å². The minimum atomic E-state index is -0.269. The Morgan fingerprint density at radius 2 is 1.97 bits per heavy atom. The van der Waals surface area contributed by atoms with E-state index in [-0.39, 0.29) is 30.4 Å². The number of hydrogen-bond acceptors (Lipinski definition) is 5. The number of aryl methyl sites for hydroxylation is 1. The molecule has 0 bridgehead atoms. The molecule has 4 rings (SSSR count). The van der Waals surface area contributed by atoms with E-state index in [9.17, 15) is 9.59 Å². The Morgan fingerprint density at radius 1 is 1.20 bits per heavy atom. The molecule has 30 heavy (non-hydrogen) atoms. The summed E-state index contributed by atoms with van der Waals surface area (Å²) in [5, 5.41) is 15.2. The summed E-state index contributed by atoms with van der Waals surface area (Å²) in [6, 6.07) is 2.27. The predicted molar refractivity (Wildman–Crippen MR) is 113 cm³/mol. The molecule has 9 heteroatoms. The van der Waals surface area contributed by atoms with Gasteiger partial charge < -0.3 is 10.6 Å². The van der Waals surface area contributed by atoms with Crippen LogP contribution in [-0.2, 0) is 11.3 Å². The number of nitrogens with zero attached hydrogens (tertiary/aromatic N) is 5. The molecule has 0 saturated heterocycles. The maximum atomic E-state index is 12.8. The van der Waals surface area contributed by atoms with E-state index in [4.69, 9.17) is 0 Å². The summed E-state index contributed by atoms with van der Waals surface area (Å²) in [5.41, 5.74) is 2.41. The molecule has 0 unspecified atom stereocenters. The lowest BCUT2D eigenvalue weighted by Crippen LogP contribution is -2.35. The molecule has 0 spiro atoms. The second-order valence-corrected chi connectivity index (χ2v) is 8.15. The number of hydrogen-bond donors (Lipinski definition) is 2. The predicted octanol–water partition coefficient (Wildman–Crippen LogP) is 2.83. The van der Waals surface area contributed by atoms with E-state index in [1.54, 1.807) is 24.7 Å². The van der Waals surface area contributed by atoms with Crippen LogP contribution in [0.4, 0.5) is 5.69 Å². The van der Waals surface area contributed by atoms with Crippen LogP contribution in [-0.4, -0.2) is 42.4 Å². The van der Waals surface area contributed by atoms with Crippen molar-refractivity contribution in [2.75, 3.05) is 5.32 Å². The Hall–Kier alpha value is -3.23. The number of amides is 2. The zero-order valence-electron chi connectivity index (χ0n) is 17.6. The Labute approximate surface area is 174 Å². The summed E-state index contributed by atoms with van der Waals surface area (Å²) in [4.78, 5) is 29.5. The van der Waals surface area contributed by atoms with E-state index in [1.807, 2.05) is 25.5 Å². The molecule has 9 nitrogen and oxygen atoms in total. The first kappa shape index (κ1) is 20.1. The van der Waals surface area contributed by atoms with Gasteiger partial charge in [0.15, 0.2) is 5.65 Å². The fourth-order valence-electron chi connectivity index (χ4n) is 3.88. The quantitative estimate of drug-likeness (QED) is 0.651. The third-order valence-electron chi connectivity index (χ3n) is 5.41. The summed E-state index contributed by atoms with van der Waals surface area (Å²) >= 11 is 0. The summed E-state index contributed by atoms with van der Waals surface area (Å²) in [5.74, 6) is -0.329. The smallest absolute Gasteiger partial charge is 0.257 e. The normalized spacial score (nSPS) is 14.5. The van der Waals surface area contributed by atoms with Crippen LogP contribution in [0.3, 0.4) is 0 Å². The number of pyridine rings is 1. The van der Waals surface area contributed by atoms with E-state index in [0.29, 0.717) is 16.9 Å². The maximum absolute atomic E-state index is 12.8. The van der Waals surface area contributed by atoms with Gasteiger partial charge in [0.25, 0.3) is 5.91 Å². The zero-order valence-corrected chi connectivity index (χ0v) is 17.6. The fraction of sp³-hybridized carbons (Fsp3) is 0.476. The van der Waals surface area contributed by atoms with E-state index < -0.39 is 0 Å². The molecule has 1 saturated carbocycles. The van der Waals surface area contributed by atoms with Crippen LogP contribution >= 0.6 is 0 Å². The van der Waals surface area contributed by atoms with Crippen molar-refractivity contribution < 1.29 is 9.59 Å². The highest BCUT2D eigenvalue weighted by Crippen LogP contribution is 2.20. The number of fused-ring (bicyclic) bond motifs is 1. The van der Waals surface area contributed by atoms with E-state index >= 15 is 0 Å². The molecule has 1 fully saturated rings. The molecule has 1 aliphatic rings. The highest BCUT2D eigenvalue weighted by molar-refractivity contribution is 6.06. The second kappa shape index (κ2) is 8.25. The molecule has 3 aromatic rings. The average molecular weight is 409 g/mol. The van der Waals surface area contributed by atoms with Gasteiger partial charge >= 0.3 is 0 Å². The molecular formula is C21H27N7O2. The fourth-order valence-corrected chi connectivity index (χ4v) is 3.88. The lowest BCUT2D eigenvalue weighted by Gasteiger charge is -2.11. The van der Waals surface area contributed by atoms with Gasteiger partial charge in [0.1, 0.15) is 6.54 Å². The number of anilines is 1. The largest absolute Gasteiger partial charge is 0.352 e. The highest BCUT2D eigenvalue weighted by Gasteiger charge is 2.18. The SMILES string of the molecule is Cc1nc2c(cnn2C(C)C)cc1C(=O)Nc1cnn(CC(=O)NC2CCCC2)c1. The monoisotopic (exact) mass is 409 g/mol. The van der Waals surface area contributed by atoms with Crippen molar-refractivity contribution in [2.24, 2.45) is 0 Å². The second-order valence-electron chi connectivity index (χ2n) is 8.15. The topological polar surface area (TPSA) is 107 Å². The lowest BCUT2D eigenvalue weighted by atomic mass is 10.1. The lowest BCUT2D eigenvalue weighted by molar-refractivity contribution is -0.122. The van der Waals surface area contributed by atoms with Crippen molar-refractivity contribution in [3.63, 3.8) is 0 Å². The molecule has 158 valence electrons. The van der Waals surface area contributed by atoms with Gasteiger partial charge in [-0.3, -0.25) is 14.3 Å². The number of carbonyl (C=O) groups is 2. The molecule has 0 aromatic carbocycles. The van der Waals surface area contributed by atoms with E-state index in [1.165, 1.54) is 17.5 Å². The van der Waals surface area contributed by atoms with Gasteiger partial charge in [-0.15, -0.1) is 0 Å². The molecule has 3 aromatic heterocycles. The van der Waals surface area contributed by atoms with E-state index in [2.05, 4.69) is 25.8 Å². The van der Waals surface area contributed by atoms with Crippen molar-refractivity contribution in [3.05, 3.63) is 35.9 Å². The number of rotatable bonds is 6. The van der Waals surface area contributed by atoms with Gasteiger partial charge in [-0.05, 0) is 39.7 Å². The number of aromatic nitrogens is 5. The summed E-state index contributed by atoms with van der Waals surface area (Å²) in [6.07, 6.45) is 9.34. The van der Waals surface area contributed by atoms with Crippen molar-refractivity contribution in [1.82, 2.24) is 29.9 Å². The van der Waals surface area contributed by atoms with Crippen LogP contribution < -0.4 is 10.6 Å². The van der Waals surface area contributed by atoms with Crippen molar-refractivity contribution >= 4 is 28.5 Å². The third kappa shape index (κ3) is 4.19. The van der Waals surface area contributed by atoms with Gasteiger partial charge in [-0.25, -0.2) is 9.67 Å². The Kier molecular flexibility index (Phi) is 5.52. The minimum Gasteiger partial charge on any atom is -0.352 e. The molecule has 3 heterocycles. The molecule has 2 amide bonds. The molecular weight excluding hydrogens is 382 g/mol. The maximum Gasteiger partial charge on any atom is 0.257 e. The van der Waals surface area contributed by atoms with Gasteiger partial charge in [-0.1, -0.05) is 12.8 Å². The van der Waals surface area contributed by atoms with Gasteiger partial charge in [0.05, 0.1) is 29.3 Å². The first-order valence-electron chi connectivity index (χ1n) is 10.4. The average Bonchev–Trinajstić information content (AvgIpc) is 3.42. The van der Waals surface area contributed by atoms with Crippen LogP contribution in [0.1, 0.15) is 61.6 Å². The van der Waals surface area contributed by atoms with Crippen LogP contribution in [0, 0.1) is 6.92 Å². The molecule has 0 atom stereocenters. The first-order chi connectivity index (χ1) is 14.4. The van der Waals surface area contributed by atoms with Gasteiger partial charge in [0.2, 0.25) is 5.91 Å².